The molecule has 132 valence electrons. The van der Waals surface area contributed by atoms with E-state index in [2.05, 4.69) is 19.7 Å². The van der Waals surface area contributed by atoms with E-state index in [9.17, 15) is 4.79 Å². The van der Waals surface area contributed by atoms with Crippen LogP contribution in [0.1, 0.15) is 33.6 Å². The van der Waals surface area contributed by atoms with Crippen molar-refractivity contribution in [2.45, 2.75) is 40.4 Å². The maximum atomic E-state index is 10.8. The van der Waals surface area contributed by atoms with Crippen molar-refractivity contribution < 1.29 is 9.90 Å². The van der Waals surface area contributed by atoms with Gasteiger partial charge in [0.25, 0.3) is 0 Å². The Morgan fingerprint density at radius 1 is 0.955 bits per heavy atom. The molecular formula is C15H37BN4O2. The van der Waals surface area contributed by atoms with Crippen molar-refractivity contribution >= 4 is 13.8 Å². The van der Waals surface area contributed by atoms with Crippen molar-refractivity contribution in [2.75, 3.05) is 52.4 Å². The third-order valence-electron chi connectivity index (χ3n) is 2.90. The maximum Gasteiger partial charge on any atom is 0.317 e. The van der Waals surface area contributed by atoms with Crippen molar-refractivity contribution in [3.8, 4) is 0 Å². The van der Waals surface area contributed by atoms with E-state index < -0.39 is 5.97 Å². The zero-order valence-corrected chi connectivity index (χ0v) is 15.1. The van der Waals surface area contributed by atoms with E-state index in [0.29, 0.717) is 13.1 Å². The highest BCUT2D eigenvalue weighted by Crippen LogP contribution is 1.96. The van der Waals surface area contributed by atoms with Crippen molar-refractivity contribution in [1.29, 1.82) is 0 Å². The largest absolute Gasteiger partial charge is 0.480 e. The molecule has 7 heteroatoms. The molecule has 0 spiro atoms. The van der Waals surface area contributed by atoms with E-state index in [4.69, 9.17) is 16.6 Å². The molecule has 0 atom stereocenters. The van der Waals surface area contributed by atoms with Crippen LogP contribution in [0.25, 0.3) is 0 Å². The van der Waals surface area contributed by atoms with Crippen LogP contribution < -0.4 is 11.5 Å². The Bertz CT molecular complexity index is 222. The van der Waals surface area contributed by atoms with Gasteiger partial charge >= 0.3 is 5.97 Å². The molecule has 6 nitrogen and oxygen atoms in total. The summed E-state index contributed by atoms with van der Waals surface area (Å²) in [6, 6.07) is 0. The SMILES string of the molecule is CC.CCN(CCCN)CCN(CCCN)CC(=O)O.[B]C. The summed E-state index contributed by atoms with van der Waals surface area (Å²) in [7, 11) is 4.50. The number of carboxylic acid groups (broad SMARTS) is 1. The van der Waals surface area contributed by atoms with E-state index in [1.165, 1.54) is 6.82 Å². The van der Waals surface area contributed by atoms with E-state index in [0.717, 1.165) is 45.6 Å². The Balaban J connectivity index is -0.000000826. The summed E-state index contributed by atoms with van der Waals surface area (Å²) in [4.78, 5) is 15.0. The summed E-state index contributed by atoms with van der Waals surface area (Å²) >= 11 is 0. The number of nitrogens with two attached hydrogens (primary N) is 2. The first-order chi connectivity index (χ1) is 10.6. The lowest BCUT2D eigenvalue weighted by Crippen LogP contribution is -2.39. The fourth-order valence-corrected chi connectivity index (χ4v) is 1.80. The van der Waals surface area contributed by atoms with Crippen molar-refractivity contribution in [3.63, 3.8) is 0 Å². The Morgan fingerprint density at radius 3 is 1.73 bits per heavy atom. The normalized spacial score (nSPS) is 9.82. The average molecular weight is 316 g/mol. The molecule has 0 heterocycles. The Morgan fingerprint density at radius 2 is 1.36 bits per heavy atom. The smallest absolute Gasteiger partial charge is 0.317 e. The molecule has 5 N–H and O–H groups in total. The second-order valence-corrected chi connectivity index (χ2v) is 4.39. The molecule has 22 heavy (non-hydrogen) atoms. The van der Waals surface area contributed by atoms with E-state index in [1.54, 1.807) is 0 Å². The predicted molar refractivity (Wildman–Crippen MR) is 96.5 cm³/mol. The van der Waals surface area contributed by atoms with E-state index in [1.807, 2.05) is 18.7 Å². The molecule has 0 rings (SSSR count). The minimum atomic E-state index is -0.781. The zero-order valence-electron chi connectivity index (χ0n) is 15.1. The number of aliphatic carboxylic acids is 1. The number of rotatable bonds is 12. The Labute approximate surface area is 138 Å². The van der Waals surface area contributed by atoms with Gasteiger partial charge in [0.05, 0.1) is 14.4 Å². The average Bonchev–Trinajstić information content (AvgIpc) is 2.55. The molecule has 0 bridgehead atoms. The van der Waals surface area contributed by atoms with Crippen molar-refractivity contribution in [1.82, 2.24) is 9.80 Å². The van der Waals surface area contributed by atoms with Gasteiger partial charge in [-0.05, 0) is 45.6 Å². The quantitative estimate of drug-likeness (QED) is 0.457. The number of nitrogens with zero attached hydrogens (tertiary/aromatic N) is 2. The first-order valence-electron chi connectivity index (χ1n) is 8.28. The molecule has 0 aromatic carbocycles. The van der Waals surface area contributed by atoms with Crippen molar-refractivity contribution in [2.24, 2.45) is 11.5 Å². The highest BCUT2D eigenvalue weighted by Gasteiger charge is 2.10. The summed E-state index contributed by atoms with van der Waals surface area (Å²) in [5, 5.41) is 8.84. The summed E-state index contributed by atoms with van der Waals surface area (Å²) in [6.45, 7) is 13.3. The lowest BCUT2D eigenvalue weighted by molar-refractivity contribution is -0.138. The van der Waals surface area contributed by atoms with Gasteiger partial charge in [0.1, 0.15) is 0 Å². The van der Waals surface area contributed by atoms with Gasteiger partial charge < -0.3 is 21.5 Å². The van der Waals surface area contributed by atoms with E-state index in [-0.39, 0.29) is 6.54 Å². The van der Waals surface area contributed by atoms with Crippen LogP contribution in [0.2, 0.25) is 6.82 Å². The van der Waals surface area contributed by atoms with Gasteiger partial charge in [-0.25, -0.2) is 0 Å². The monoisotopic (exact) mass is 316 g/mol. The molecule has 0 unspecified atom stereocenters. The molecule has 0 fully saturated rings. The van der Waals surface area contributed by atoms with Crippen LogP contribution in [0.3, 0.4) is 0 Å². The maximum absolute atomic E-state index is 10.8. The van der Waals surface area contributed by atoms with Crippen LogP contribution in [0.4, 0.5) is 0 Å². The number of hydrogen-bond acceptors (Lipinski definition) is 5. The van der Waals surface area contributed by atoms with Crippen LogP contribution in [0.15, 0.2) is 0 Å². The van der Waals surface area contributed by atoms with Gasteiger partial charge in [0.15, 0.2) is 0 Å². The Hall–Kier alpha value is -0.625. The van der Waals surface area contributed by atoms with Gasteiger partial charge in [-0.3, -0.25) is 9.69 Å². The summed E-state index contributed by atoms with van der Waals surface area (Å²) in [5.74, 6) is -0.781. The fourth-order valence-electron chi connectivity index (χ4n) is 1.80. The first kappa shape index (κ1) is 26.3. The second kappa shape index (κ2) is 22.7. The van der Waals surface area contributed by atoms with Gasteiger partial charge in [-0.15, -0.1) is 0 Å². The molecule has 0 saturated heterocycles. The molecule has 0 aliphatic rings. The molecule has 0 aliphatic carbocycles. The van der Waals surface area contributed by atoms with Gasteiger partial charge in [-0.2, -0.15) is 0 Å². The van der Waals surface area contributed by atoms with Gasteiger partial charge in [-0.1, -0.05) is 27.6 Å². The standard InChI is InChI=1S/C12H28N4O2.C2H6.CH3B/c1-2-15(7-3-5-13)9-10-16(8-4-6-14)11-12(17)18;2*1-2/h2-11,13-14H2,1H3,(H,17,18);1-2H3;1H3. The van der Waals surface area contributed by atoms with Gasteiger partial charge in [0, 0.05) is 13.1 Å². The van der Waals surface area contributed by atoms with Crippen LogP contribution in [0, 0.1) is 0 Å². The third kappa shape index (κ3) is 19.4. The number of carbonyl (C=O) groups is 1. The topological polar surface area (TPSA) is 95.8 Å². The summed E-state index contributed by atoms with van der Waals surface area (Å²) in [5.41, 5.74) is 10.9. The molecule has 0 amide bonds. The fraction of sp³-hybridized carbons (Fsp3) is 0.933. The molecule has 0 aromatic rings. The number of carboxylic acids is 1. The van der Waals surface area contributed by atoms with Crippen LogP contribution in [-0.4, -0.2) is 81.1 Å². The predicted octanol–water partition coefficient (Wildman–Crippen LogP) is 0.622. The zero-order chi connectivity index (χ0) is 17.8. The minimum absolute atomic E-state index is 0.0917. The van der Waals surface area contributed by atoms with Crippen LogP contribution in [0.5, 0.6) is 0 Å². The molecule has 0 aliphatic heterocycles. The highest BCUT2D eigenvalue weighted by atomic mass is 16.4. The Kier molecular flexibility index (Phi) is 27.1. The van der Waals surface area contributed by atoms with Gasteiger partial charge in [0.2, 0.25) is 0 Å². The molecule has 2 radical (unpaired) electrons. The lowest BCUT2D eigenvalue weighted by Gasteiger charge is -2.25. The molecular weight excluding hydrogens is 279 g/mol. The third-order valence-corrected chi connectivity index (χ3v) is 2.90. The second-order valence-electron chi connectivity index (χ2n) is 4.39. The number of hydrogen-bond donors (Lipinski definition) is 3. The highest BCUT2D eigenvalue weighted by molar-refractivity contribution is 6.05. The first-order valence-corrected chi connectivity index (χ1v) is 8.28. The summed E-state index contributed by atoms with van der Waals surface area (Å²) < 4.78 is 0. The lowest BCUT2D eigenvalue weighted by atomic mass is 10.2. The molecule has 0 saturated carbocycles. The van der Waals surface area contributed by atoms with Crippen LogP contribution >= 0.6 is 0 Å². The van der Waals surface area contributed by atoms with Crippen molar-refractivity contribution in [3.05, 3.63) is 0 Å². The molecule has 0 aromatic heterocycles. The minimum Gasteiger partial charge on any atom is -0.480 e. The summed E-state index contributed by atoms with van der Waals surface area (Å²) in [6.07, 6.45) is 1.82. The van der Waals surface area contributed by atoms with Crippen LogP contribution in [-0.2, 0) is 4.79 Å². The number of likely N-dealkylation sites (N-methyl/N-ethyl adjacent to an activating group) is 1. The van der Waals surface area contributed by atoms with E-state index >= 15 is 0 Å².